The molecule has 2 N–H and O–H groups in total. The third kappa shape index (κ3) is 5.91. The average molecular weight is 511 g/mol. The quantitative estimate of drug-likeness (QED) is 0.428. The summed E-state index contributed by atoms with van der Waals surface area (Å²) in [5.74, 6) is -2.83. The van der Waals surface area contributed by atoms with Crippen LogP contribution in [0, 0.1) is 5.41 Å². The van der Waals surface area contributed by atoms with E-state index in [0.29, 0.717) is 22.2 Å². The van der Waals surface area contributed by atoms with E-state index in [1.807, 2.05) is 0 Å². The van der Waals surface area contributed by atoms with Crippen LogP contribution in [0.15, 0.2) is 77.4 Å². The van der Waals surface area contributed by atoms with Gasteiger partial charge in [0.25, 0.3) is 11.5 Å². The Labute approximate surface area is 211 Å². The van der Waals surface area contributed by atoms with Gasteiger partial charge in [-0.2, -0.15) is 0 Å². The van der Waals surface area contributed by atoms with Gasteiger partial charge >= 0.3 is 0 Å². The highest BCUT2D eigenvalue weighted by molar-refractivity contribution is 6.12. The van der Waals surface area contributed by atoms with E-state index in [0.717, 1.165) is 6.92 Å². The largest absolute Gasteiger partial charge is 0.471 e. The first-order valence-electron chi connectivity index (χ1n) is 11.4. The van der Waals surface area contributed by atoms with Crippen molar-refractivity contribution in [3.63, 3.8) is 0 Å². The van der Waals surface area contributed by atoms with Gasteiger partial charge in [0.1, 0.15) is 5.75 Å². The maximum atomic E-state index is 13.8. The fourth-order valence-corrected chi connectivity index (χ4v) is 3.77. The first kappa shape index (κ1) is 25.7. The average Bonchev–Trinajstić information content (AvgIpc) is 2.84. The molecule has 0 radical (unpaired) electrons. The lowest BCUT2D eigenvalue weighted by molar-refractivity contribution is -0.0241. The summed E-state index contributed by atoms with van der Waals surface area (Å²) in [4.78, 5) is 18.2. The first-order chi connectivity index (χ1) is 17.6. The molecule has 0 saturated carbocycles. The highest BCUT2D eigenvalue weighted by Gasteiger charge is 2.23. The number of allylic oxidation sites excluding steroid dienone is 5. The molecule has 1 unspecified atom stereocenters. The molecule has 37 heavy (non-hydrogen) atoms. The van der Waals surface area contributed by atoms with Crippen molar-refractivity contribution in [1.82, 2.24) is 14.9 Å². The molecule has 0 saturated heterocycles. The molecule has 4 rings (SSSR count). The summed E-state index contributed by atoms with van der Waals surface area (Å²) < 4.78 is 51.6. The van der Waals surface area contributed by atoms with Crippen LogP contribution in [0.25, 0.3) is 27.7 Å². The Hall–Kier alpha value is -4.34. The van der Waals surface area contributed by atoms with Gasteiger partial charge in [0.2, 0.25) is 12.2 Å². The molecule has 2 heterocycles. The SMILES string of the molecule is CN/C=C1/C=C(n2cc3ccc(OCC(C)(F)F)nc3c(-c3ccc(OC(C)F)cc3)c2=O)C=CC1=N. The third-order valence-corrected chi connectivity index (χ3v) is 5.37. The Morgan fingerprint density at radius 1 is 1.19 bits per heavy atom. The van der Waals surface area contributed by atoms with Gasteiger partial charge in [-0.25, -0.2) is 18.2 Å². The molecule has 0 fully saturated rings. The van der Waals surface area contributed by atoms with Crippen LogP contribution in [0.1, 0.15) is 13.8 Å². The molecular weight excluding hydrogens is 485 g/mol. The molecule has 0 bridgehead atoms. The van der Waals surface area contributed by atoms with Crippen LogP contribution in [-0.2, 0) is 0 Å². The molecule has 0 amide bonds. The first-order valence-corrected chi connectivity index (χ1v) is 11.4. The number of halogens is 3. The Kier molecular flexibility index (Phi) is 7.19. The van der Waals surface area contributed by atoms with E-state index in [2.05, 4.69) is 10.3 Å². The number of nitrogens with one attached hydrogen (secondary N) is 2. The summed E-state index contributed by atoms with van der Waals surface area (Å²) in [5.41, 5.74) is 1.86. The van der Waals surface area contributed by atoms with E-state index >= 15 is 0 Å². The zero-order valence-corrected chi connectivity index (χ0v) is 20.4. The van der Waals surface area contributed by atoms with Crippen molar-refractivity contribution in [2.45, 2.75) is 26.1 Å². The topological polar surface area (TPSA) is 89.2 Å². The molecule has 10 heteroatoms. The van der Waals surface area contributed by atoms with Crippen molar-refractivity contribution in [1.29, 1.82) is 5.41 Å². The van der Waals surface area contributed by atoms with Gasteiger partial charge in [0.05, 0.1) is 16.8 Å². The third-order valence-electron chi connectivity index (χ3n) is 5.37. The zero-order chi connectivity index (χ0) is 26.7. The lowest BCUT2D eigenvalue weighted by Gasteiger charge is -2.17. The number of hydrogen-bond acceptors (Lipinski definition) is 6. The number of benzene rings is 1. The van der Waals surface area contributed by atoms with E-state index in [-0.39, 0.29) is 28.4 Å². The van der Waals surface area contributed by atoms with Crippen molar-refractivity contribution in [2.24, 2.45) is 0 Å². The second kappa shape index (κ2) is 10.3. The smallest absolute Gasteiger partial charge is 0.278 e. The normalized spacial score (nSPS) is 15.6. The number of aromatic nitrogens is 2. The van der Waals surface area contributed by atoms with E-state index in [4.69, 9.17) is 14.9 Å². The lowest BCUT2D eigenvalue weighted by Crippen LogP contribution is -2.23. The second-order valence-electron chi connectivity index (χ2n) is 8.52. The van der Waals surface area contributed by atoms with Crippen molar-refractivity contribution in [3.05, 3.63) is 82.9 Å². The number of rotatable bonds is 8. The van der Waals surface area contributed by atoms with Gasteiger partial charge in [-0.3, -0.25) is 9.36 Å². The molecule has 3 aromatic rings. The van der Waals surface area contributed by atoms with Crippen molar-refractivity contribution in [3.8, 4) is 22.8 Å². The van der Waals surface area contributed by atoms with E-state index < -0.39 is 24.4 Å². The van der Waals surface area contributed by atoms with Crippen LogP contribution < -0.4 is 20.3 Å². The van der Waals surface area contributed by atoms with Crippen LogP contribution in [0.3, 0.4) is 0 Å². The van der Waals surface area contributed by atoms with Crippen LogP contribution in [0.5, 0.6) is 11.6 Å². The summed E-state index contributed by atoms with van der Waals surface area (Å²) in [5, 5.41) is 11.5. The van der Waals surface area contributed by atoms with Crippen LogP contribution in [0.4, 0.5) is 13.2 Å². The predicted octanol–water partition coefficient (Wildman–Crippen LogP) is 5.33. The van der Waals surface area contributed by atoms with Gasteiger partial charge in [0.15, 0.2) is 6.61 Å². The Morgan fingerprint density at radius 3 is 2.57 bits per heavy atom. The molecule has 192 valence electrons. The molecule has 2 aromatic heterocycles. The maximum Gasteiger partial charge on any atom is 0.278 e. The molecule has 0 aliphatic heterocycles. The maximum absolute atomic E-state index is 13.8. The minimum absolute atomic E-state index is 0.0527. The van der Waals surface area contributed by atoms with Gasteiger partial charge in [-0.05, 0) is 42.0 Å². The minimum Gasteiger partial charge on any atom is -0.471 e. The zero-order valence-electron chi connectivity index (χ0n) is 20.4. The predicted molar refractivity (Wildman–Crippen MR) is 137 cm³/mol. The molecule has 1 aromatic carbocycles. The molecule has 7 nitrogen and oxygen atoms in total. The van der Waals surface area contributed by atoms with Gasteiger partial charge in [-0.1, -0.05) is 12.1 Å². The second-order valence-corrected chi connectivity index (χ2v) is 8.52. The fraction of sp³-hybridized carbons (Fsp3) is 0.222. The van der Waals surface area contributed by atoms with Crippen LogP contribution in [0.2, 0.25) is 0 Å². The Bertz CT molecular complexity index is 1480. The van der Waals surface area contributed by atoms with Gasteiger partial charge < -0.3 is 20.2 Å². The Morgan fingerprint density at radius 2 is 1.92 bits per heavy atom. The number of pyridine rings is 2. The van der Waals surface area contributed by atoms with Crippen molar-refractivity contribution in [2.75, 3.05) is 13.7 Å². The van der Waals surface area contributed by atoms with Crippen LogP contribution in [-0.4, -0.2) is 41.2 Å². The van der Waals surface area contributed by atoms with E-state index in [1.165, 1.54) is 29.7 Å². The summed E-state index contributed by atoms with van der Waals surface area (Å²) in [6, 6.07) is 9.34. The van der Waals surface area contributed by atoms with Crippen LogP contribution >= 0.6 is 0 Å². The van der Waals surface area contributed by atoms with E-state index in [9.17, 15) is 18.0 Å². The van der Waals surface area contributed by atoms with Gasteiger partial charge in [-0.15, -0.1) is 0 Å². The summed E-state index contributed by atoms with van der Waals surface area (Å²) in [7, 11) is 1.71. The Balaban J connectivity index is 1.91. The number of hydrogen-bond donors (Lipinski definition) is 2. The number of nitrogens with zero attached hydrogens (tertiary/aromatic N) is 2. The number of ether oxygens (including phenoxy) is 2. The fourth-order valence-electron chi connectivity index (χ4n) is 3.77. The number of alkyl halides is 3. The minimum atomic E-state index is -3.06. The monoisotopic (exact) mass is 510 g/mol. The van der Waals surface area contributed by atoms with Crippen molar-refractivity contribution < 1.29 is 22.6 Å². The van der Waals surface area contributed by atoms with Gasteiger partial charge in [0, 0.05) is 56.0 Å². The summed E-state index contributed by atoms with van der Waals surface area (Å²) in [6.07, 6.45) is 6.67. The highest BCUT2D eigenvalue weighted by Crippen LogP contribution is 2.30. The van der Waals surface area contributed by atoms with Crippen molar-refractivity contribution >= 4 is 22.3 Å². The van der Waals surface area contributed by atoms with E-state index in [1.54, 1.807) is 55.9 Å². The standard InChI is InChI=1S/C27H25F3N4O3/c1-16(28)37-21-8-4-17(5-9-21)24-25-18(6-11-23(33-25)36-15-27(2,29)30)14-34(26(24)35)20-7-10-22(31)19(12-20)13-32-3/h4-14,16,31-32H,15H2,1-3H3/b19-13-,31-22?. The molecule has 1 aliphatic rings. The lowest BCUT2D eigenvalue weighted by atomic mass is 10.0. The molecule has 0 spiro atoms. The molecule has 1 atom stereocenters. The summed E-state index contributed by atoms with van der Waals surface area (Å²) >= 11 is 0. The highest BCUT2D eigenvalue weighted by atomic mass is 19.3. The molecule has 1 aliphatic carbocycles. The summed E-state index contributed by atoms with van der Waals surface area (Å²) in [6.45, 7) is 1.13. The number of fused-ring (bicyclic) bond motifs is 1. The molecular formula is C27H25F3N4O3.